The molecule has 3 aliphatic rings. The van der Waals surface area contributed by atoms with Crippen LogP contribution in [0, 0.1) is 0 Å². The Bertz CT molecular complexity index is 3930. The van der Waals surface area contributed by atoms with E-state index in [0.29, 0.717) is 86.8 Å². The molecule has 26 heteroatoms. The number of nitrogens with one attached hydrogen (secondary N) is 1. The van der Waals surface area contributed by atoms with Crippen molar-refractivity contribution in [3.63, 3.8) is 0 Å². The number of piperidine rings is 1. The fourth-order valence-electron chi connectivity index (χ4n) is 12.0. The normalized spacial score (nSPS) is 18.3. The van der Waals surface area contributed by atoms with Gasteiger partial charge in [0.2, 0.25) is 11.8 Å². The lowest BCUT2D eigenvalue weighted by molar-refractivity contribution is -0.465. The molecular formula is C69H63F15N4O7. The average Bonchev–Trinajstić information content (AvgIpc) is 1.69. The van der Waals surface area contributed by atoms with Crippen molar-refractivity contribution in [2.24, 2.45) is 4.99 Å². The molecular weight excluding hydrogens is 1280 g/mol. The van der Waals surface area contributed by atoms with E-state index in [0.717, 1.165) is 63.8 Å². The molecule has 1 amide bonds. The first kappa shape index (κ1) is 69.0. The van der Waals surface area contributed by atoms with Crippen molar-refractivity contribution in [2.75, 3.05) is 41.4 Å². The quantitative estimate of drug-likeness (QED) is 0.0359. The smallest absolute Gasteiger partial charge is 0.471 e. The average molecular weight is 1350 g/mol. The summed E-state index contributed by atoms with van der Waals surface area (Å²) in [5.74, 6) is -42.8. The van der Waals surface area contributed by atoms with E-state index in [9.17, 15) is 75.4 Å². The Balaban J connectivity index is 0.826. The van der Waals surface area contributed by atoms with Gasteiger partial charge >= 0.3 is 47.9 Å². The number of rotatable bonds is 24. The SMILES string of the molecule is CCCCCCOc1ccc(-c2ccc(C(=O)OC3CCN(c4cc5c(c6ccccc46)N=CC4(O5)N(CC)c5ccc(OC(C(=O)Nc6ccc(OC(F)(F)C(F)(F)C(F)(F)C(F)(F)C(F)(F)C(F)(F)C(F)(F)F)cc6)c6ccccc6)cc5C4(C)CC)CC3)cc2)cc1. The van der Waals surface area contributed by atoms with Crippen LogP contribution in [0.1, 0.15) is 100 Å². The van der Waals surface area contributed by atoms with Gasteiger partial charge < -0.3 is 38.8 Å². The lowest BCUT2D eigenvalue weighted by Gasteiger charge is -2.47. The molecule has 3 atom stereocenters. The second-order valence-electron chi connectivity index (χ2n) is 23.5. The third kappa shape index (κ3) is 12.4. The molecule has 95 heavy (non-hydrogen) atoms. The number of amides is 1. The fraction of sp³-hybridized carbons (Fsp3) is 0.377. The Hall–Kier alpha value is -8.84. The highest BCUT2D eigenvalue weighted by atomic mass is 19.4. The lowest BCUT2D eigenvalue weighted by atomic mass is 9.73. The predicted octanol–water partition coefficient (Wildman–Crippen LogP) is 18.8. The summed E-state index contributed by atoms with van der Waals surface area (Å²) in [6.45, 7) is 10.3. The fourth-order valence-corrected chi connectivity index (χ4v) is 12.0. The highest BCUT2D eigenvalue weighted by Crippen LogP contribution is 2.63. The Morgan fingerprint density at radius 2 is 1.21 bits per heavy atom. The largest absolute Gasteiger partial charge is 0.494 e. The highest BCUT2D eigenvalue weighted by Gasteiger charge is 2.94. The minimum atomic E-state index is -8.49. The maximum Gasteiger partial charge on any atom is 0.471 e. The standard InChI is InChI=1S/C69H63F15N4O7/c1-5-8-9-15-38-91-47-28-24-43(25-29-47)42-20-22-45(23-21-42)60(90)93-48-34-36-87(37-35-48)55-40-56-57(52-19-14-13-18-51(52)55)85-41-62(95-56)61(4,6-2)53-39-50(32-33-54(53)88(62)7-3)92-58(44-16-11-10-12-17-44)59(89)86-46-26-30-49(31-27-46)94-69(83,84)67(78,79)65(74,75)63(70,71)64(72,73)66(76,77)68(80,81)82/h10-14,16-33,39-41,48,58H,5-9,15,34-38H2,1-4H3,(H,86,89). The molecule has 11 nitrogen and oxygen atoms in total. The molecule has 1 N–H and O–H groups in total. The molecule has 3 unspecified atom stereocenters. The van der Waals surface area contributed by atoms with Crippen molar-refractivity contribution in [1.29, 1.82) is 0 Å². The summed E-state index contributed by atoms with van der Waals surface area (Å²) in [7, 11) is 0. The summed E-state index contributed by atoms with van der Waals surface area (Å²) >= 11 is 0. The van der Waals surface area contributed by atoms with Crippen LogP contribution in [0.2, 0.25) is 0 Å². The van der Waals surface area contributed by atoms with Crippen molar-refractivity contribution >= 4 is 51.6 Å². The van der Waals surface area contributed by atoms with Gasteiger partial charge in [-0.1, -0.05) is 112 Å². The number of hydrogen-bond acceptors (Lipinski definition) is 10. The lowest BCUT2D eigenvalue weighted by Crippen LogP contribution is -2.73. The van der Waals surface area contributed by atoms with Gasteiger partial charge in [0.1, 0.15) is 29.0 Å². The van der Waals surface area contributed by atoms with Crippen LogP contribution in [0.15, 0.2) is 157 Å². The number of carbonyl (C=O) groups is 2. The molecule has 1 fully saturated rings. The number of esters is 1. The van der Waals surface area contributed by atoms with Gasteiger partial charge in [0.05, 0.1) is 23.8 Å². The molecule has 7 aromatic rings. The van der Waals surface area contributed by atoms with Crippen LogP contribution < -0.4 is 34.1 Å². The number of unbranched alkanes of at least 4 members (excludes halogenated alkanes) is 3. The Labute approximate surface area is 535 Å². The monoisotopic (exact) mass is 1340 g/mol. The second-order valence-corrected chi connectivity index (χ2v) is 23.5. The van der Waals surface area contributed by atoms with E-state index in [4.69, 9.17) is 23.9 Å². The van der Waals surface area contributed by atoms with Gasteiger partial charge in [0.25, 0.3) is 5.91 Å². The van der Waals surface area contributed by atoms with Crippen LogP contribution in [0.5, 0.6) is 23.0 Å². The third-order valence-electron chi connectivity index (χ3n) is 17.6. The van der Waals surface area contributed by atoms with E-state index in [1.165, 1.54) is 18.6 Å². The predicted molar refractivity (Wildman–Crippen MR) is 326 cm³/mol. The number of ether oxygens (including phenoxy) is 5. The number of nitrogens with zero attached hydrogens (tertiary/aromatic N) is 3. The number of benzene rings is 7. The number of halogens is 15. The van der Waals surface area contributed by atoms with Crippen LogP contribution in [0.3, 0.4) is 0 Å². The first-order valence-corrected chi connectivity index (χ1v) is 30.5. The molecule has 3 heterocycles. The molecule has 0 radical (unpaired) electrons. The van der Waals surface area contributed by atoms with E-state index in [1.807, 2.05) is 87.5 Å². The van der Waals surface area contributed by atoms with E-state index in [2.05, 4.69) is 26.8 Å². The first-order chi connectivity index (χ1) is 44.8. The number of alkyl halides is 15. The maximum atomic E-state index is 14.7. The molecule has 0 bridgehead atoms. The molecule has 10 rings (SSSR count). The van der Waals surface area contributed by atoms with Crippen molar-refractivity contribution in [2.45, 2.75) is 138 Å². The zero-order chi connectivity index (χ0) is 68.7. The van der Waals surface area contributed by atoms with Gasteiger partial charge in [-0.05, 0) is 110 Å². The zero-order valence-electron chi connectivity index (χ0n) is 51.3. The van der Waals surface area contributed by atoms with Crippen molar-refractivity contribution in [1.82, 2.24) is 0 Å². The van der Waals surface area contributed by atoms with Crippen LogP contribution in [0.25, 0.3) is 21.9 Å². The Morgan fingerprint density at radius 1 is 0.632 bits per heavy atom. The summed E-state index contributed by atoms with van der Waals surface area (Å²) in [4.78, 5) is 37.2. The Morgan fingerprint density at radius 3 is 1.82 bits per heavy atom. The van der Waals surface area contributed by atoms with Gasteiger partial charge in [-0.3, -0.25) is 9.79 Å². The number of anilines is 3. The first-order valence-electron chi connectivity index (χ1n) is 30.5. The van der Waals surface area contributed by atoms with Crippen LogP contribution in [-0.2, 0) is 14.9 Å². The van der Waals surface area contributed by atoms with E-state index in [1.54, 1.807) is 54.7 Å². The van der Waals surface area contributed by atoms with Gasteiger partial charge in [-0.25, -0.2) is 4.79 Å². The molecule has 7 aromatic carbocycles. The minimum Gasteiger partial charge on any atom is -0.494 e. The van der Waals surface area contributed by atoms with Crippen LogP contribution in [-0.4, -0.2) is 98.1 Å². The molecule has 1 spiro atoms. The molecule has 3 aliphatic heterocycles. The van der Waals surface area contributed by atoms with Gasteiger partial charge in [-0.15, -0.1) is 0 Å². The molecule has 0 aliphatic carbocycles. The van der Waals surface area contributed by atoms with Crippen molar-refractivity contribution in [3.8, 4) is 34.1 Å². The maximum absolute atomic E-state index is 14.7. The summed E-state index contributed by atoms with van der Waals surface area (Å²) in [5, 5.41) is 4.17. The molecule has 0 aromatic heterocycles. The van der Waals surface area contributed by atoms with Gasteiger partial charge in [-0.2, -0.15) is 65.9 Å². The van der Waals surface area contributed by atoms with E-state index in [-0.39, 0.29) is 23.1 Å². The highest BCUT2D eigenvalue weighted by molar-refractivity contribution is 6.06. The topological polar surface area (TPSA) is 111 Å². The number of carbonyl (C=O) groups excluding carboxylic acids is 2. The van der Waals surface area contributed by atoms with Gasteiger partial charge in [0, 0.05) is 71.9 Å². The zero-order valence-corrected chi connectivity index (χ0v) is 51.3. The molecule has 1 saturated heterocycles. The summed E-state index contributed by atoms with van der Waals surface area (Å²) in [5.41, 5.74) is 3.07. The van der Waals surface area contributed by atoms with Crippen LogP contribution in [0.4, 0.5) is 88.6 Å². The van der Waals surface area contributed by atoms with Crippen molar-refractivity contribution < 1.29 is 99.1 Å². The summed E-state index contributed by atoms with van der Waals surface area (Å²) < 4.78 is 237. The number of fused-ring (bicyclic) bond motifs is 4. The number of hydrogen-bond donors (Lipinski definition) is 1. The third-order valence-corrected chi connectivity index (χ3v) is 17.6. The molecule has 506 valence electrons. The molecule has 0 saturated carbocycles. The van der Waals surface area contributed by atoms with E-state index < -0.39 is 76.8 Å². The van der Waals surface area contributed by atoms with Crippen molar-refractivity contribution in [3.05, 3.63) is 168 Å². The Kier molecular flexibility index (Phi) is 18.9. The second kappa shape index (κ2) is 26.1. The summed E-state index contributed by atoms with van der Waals surface area (Å²) in [6.07, 6.45) is -8.81. The van der Waals surface area contributed by atoms with E-state index >= 15 is 0 Å². The van der Waals surface area contributed by atoms with Crippen LogP contribution >= 0.6 is 0 Å². The number of likely N-dealkylation sites (N-methyl/N-ethyl adjacent to an activating group) is 1. The number of aliphatic imine (C=N–C) groups is 1. The minimum absolute atomic E-state index is 0.152. The van der Waals surface area contributed by atoms with Gasteiger partial charge in [0.15, 0.2) is 5.75 Å². The summed E-state index contributed by atoms with van der Waals surface area (Å²) in [6, 6.07) is 39.9.